The highest BCUT2D eigenvalue weighted by Gasteiger charge is 2.26. The van der Waals surface area contributed by atoms with Gasteiger partial charge in [0.05, 0.1) is 18.3 Å². The van der Waals surface area contributed by atoms with E-state index >= 15 is 0 Å². The van der Waals surface area contributed by atoms with Gasteiger partial charge in [-0.15, -0.1) is 0 Å². The van der Waals surface area contributed by atoms with Crippen LogP contribution in [0, 0.1) is 11.3 Å². The molecule has 0 amide bonds. The predicted octanol–water partition coefficient (Wildman–Crippen LogP) is 1.55. The average molecular weight is 218 g/mol. The summed E-state index contributed by atoms with van der Waals surface area (Å²) in [7, 11) is 0. The molecule has 3 heteroatoms. The fraction of sp³-hybridized carbons (Fsp3) is 1.00. The van der Waals surface area contributed by atoms with Crippen molar-refractivity contribution in [2.24, 2.45) is 11.3 Å². The van der Waals surface area contributed by atoms with Crippen LogP contribution >= 0.6 is 0 Å². The molecular weight excluding hydrogens is 192 g/mol. The van der Waals surface area contributed by atoms with Crippen LogP contribution in [0.1, 0.15) is 47.5 Å². The third kappa shape index (κ3) is 6.13. The molecule has 0 saturated carbocycles. The van der Waals surface area contributed by atoms with Crippen LogP contribution < -0.4 is 0 Å². The van der Waals surface area contributed by atoms with Crippen molar-refractivity contribution in [1.29, 1.82) is 0 Å². The summed E-state index contributed by atoms with van der Waals surface area (Å²) in [5.74, 6) is 0.145. The smallest absolute Gasteiger partial charge is 0.0613 e. The molecule has 0 fully saturated rings. The van der Waals surface area contributed by atoms with Gasteiger partial charge in [0.1, 0.15) is 0 Å². The van der Waals surface area contributed by atoms with Crippen molar-refractivity contribution in [3.8, 4) is 0 Å². The molecule has 0 saturated heterocycles. The highest BCUT2D eigenvalue weighted by molar-refractivity contribution is 4.77. The van der Waals surface area contributed by atoms with Gasteiger partial charge >= 0.3 is 0 Å². The van der Waals surface area contributed by atoms with Crippen LogP contribution in [-0.2, 0) is 0 Å². The molecule has 1 unspecified atom stereocenters. The molecule has 0 aromatic carbocycles. The molecule has 0 aromatic rings. The zero-order valence-corrected chi connectivity index (χ0v) is 10.6. The van der Waals surface area contributed by atoms with Crippen molar-refractivity contribution < 1.29 is 15.3 Å². The molecule has 15 heavy (non-hydrogen) atoms. The quantitative estimate of drug-likeness (QED) is 0.656. The van der Waals surface area contributed by atoms with E-state index in [1.165, 1.54) is 0 Å². The number of aliphatic hydroxyl groups excluding tert-OH is 3. The summed E-state index contributed by atoms with van der Waals surface area (Å²) in [6, 6.07) is 0. The Hall–Kier alpha value is -0.120. The summed E-state index contributed by atoms with van der Waals surface area (Å²) in [4.78, 5) is 0. The van der Waals surface area contributed by atoms with Gasteiger partial charge in [0.15, 0.2) is 0 Å². The molecule has 0 spiro atoms. The minimum absolute atomic E-state index is 0.145. The molecule has 0 radical (unpaired) electrons. The first-order valence-electron chi connectivity index (χ1n) is 5.68. The summed E-state index contributed by atoms with van der Waals surface area (Å²) in [6.07, 6.45) is -0.992. The second kappa shape index (κ2) is 5.83. The maximum atomic E-state index is 9.77. The van der Waals surface area contributed by atoms with Crippen LogP contribution in [0.4, 0.5) is 0 Å². The van der Waals surface area contributed by atoms with Gasteiger partial charge in [0, 0.05) is 0 Å². The number of hydrogen-bond acceptors (Lipinski definition) is 3. The lowest BCUT2D eigenvalue weighted by Crippen LogP contribution is -2.32. The highest BCUT2D eigenvalue weighted by Crippen LogP contribution is 2.24. The summed E-state index contributed by atoms with van der Waals surface area (Å²) in [6.45, 7) is 9.63. The van der Waals surface area contributed by atoms with Crippen LogP contribution in [0.2, 0.25) is 0 Å². The van der Waals surface area contributed by atoms with Crippen LogP contribution in [0.3, 0.4) is 0 Å². The minimum atomic E-state index is -0.628. The lowest BCUT2D eigenvalue weighted by molar-refractivity contribution is -0.00980. The van der Waals surface area contributed by atoms with Crippen LogP contribution in [0.5, 0.6) is 0 Å². The zero-order valence-electron chi connectivity index (χ0n) is 10.6. The van der Waals surface area contributed by atoms with Crippen molar-refractivity contribution in [2.75, 3.05) is 0 Å². The van der Waals surface area contributed by atoms with Gasteiger partial charge < -0.3 is 15.3 Å². The molecule has 3 N–H and O–H groups in total. The van der Waals surface area contributed by atoms with Crippen LogP contribution in [0.15, 0.2) is 0 Å². The highest BCUT2D eigenvalue weighted by atomic mass is 16.3. The Balaban J connectivity index is 3.99. The number of aliphatic hydroxyl groups is 3. The molecule has 0 bridgehead atoms. The third-order valence-electron chi connectivity index (χ3n) is 2.78. The summed E-state index contributed by atoms with van der Waals surface area (Å²) >= 11 is 0. The minimum Gasteiger partial charge on any atom is -0.393 e. The van der Waals surface area contributed by atoms with E-state index < -0.39 is 18.3 Å². The second-order valence-corrected chi connectivity index (χ2v) is 5.82. The van der Waals surface area contributed by atoms with Crippen molar-refractivity contribution in [2.45, 2.75) is 65.8 Å². The Morgan fingerprint density at radius 2 is 1.40 bits per heavy atom. The molecule has 0 heterocycles. The molecule has 3 nitrogen and oxygen atoms in total. The maximum Gasteiger partial charge on any atom is 0.0613 e. The molecule has 0 aromatic heterocycles. The molecule has 0 aliphatic carbocycles. The summed E-state index contributed by atoms with van der Waals surface area (Å²) < 4.78 is 0. The average Bonchev–Trinajstić information content (AvgIpc) is 2.01. The topological polar surface area (TPSA) is 60.7 Å². The number of hydrogen-bond donors (Lipinski definition) is 3. The normalized spacial score (nSPS) is 19.0. The largest absolute Gasteiger partial charge is 0.393 e. The summed E-state index contributed by atoms with van der Waals surface area (Å²) in [5, 5.41) is 29.0. The molecule has 0 aliphatic rings. The van der Waals surface area contributed by atoms with Crippen molar-refractivity contribution in [1.82, 2.24) is 0 Å². The van der Waals surface area contributed by atoms with Gasteiger partial charge in [-0.25, -0.2) is 0 Å². The van der Waals surface area contributed by atoms with Gasteiger partial charge in [-0.1, -0.05) is 34.6 Å². The van der Waals surface area contributed by atoms with E-state index in [0.717, 1.165) is 0 Å². The van der Waals surface area contributed by atoms with E-state index in [0.29, 0.717) is 12.8 Å². The monoisotopic (exact) mass is 218 g/mol. The van der Waals surface area contributed by atoms with E-state index in [-0.39, 0.29) is 11.3 Å². The van der Waals surface area contributed by atoms with E-state index in [4.69, 9.17) is 0 Å². The van der Waals surface area contributed by atoms with Gasteiger partial charge in [-0.3, -0.25) is 0 Å². The van der Waals surface area contributed by atoms with Crippen molar-refractivity contribution in [3.05, 3.63) is 0 Å². The number of rotatable bonds is 5. The standard InChI is InChI=1S/C12H26O3/c1-8(2)10(14)6-9(13)7-11(15)12(3,4)5/h8-11,13-15H,6-7H2,1-5H3/t9?,10-,11+/m1/s1. The summed E-state index contributed by atoms with van der Waals surface area (Å²) in [5.41, 5.74) is -0.218. The van der Waals surface area contributed by atoms with Crippen molar-refractivity contribution >= 4 is 0 Å². The van der Waals surface area contributed by atoms with Gasteiger partial charge in [0.25, 0.3) is 0 Å². The maximum absolute atomic E-state index is 9.77. The molecule has 0 aliphatic heterocycles. The second-order valence-electron chi connectivity index (χ2n) is 5.82. The molecule has 3 atom stereocenters. The molecule has 92 valence electrons. The third-order valence-corrected chi connectivity index (χ3v) is 2.78. The fourth-order valence-electron chi connectivity index (χ4n) is 1.26. The Labute approximate surface area is 93.1 Å². The first-order chi connectivity index (χ1) is 6.64. The zero-order chi connectivity index (χ0) is 12.2. The Morgan fingerprint density at radius 3 is 1.73 bits per heavy atom. The van der Waals surface area contributed by atoms with Crippen molar-refractivity contribution in [3.63, 3.8) is 0 Å². The van der Waals surface area contributed by atoms with Crippen LogP contribution in [-0.4, -0.2) is 33.6 Å². The Morgan fingerprint density at radius 1 is 0.933 bits per heavy atom. The van der Waals surface area contributed by atoms with Gasteiger partial charge in [-0.05, 0) is 24.2 Å². The lowest BCUT2D eigenvalue weighted by atomic mass is 9.84. The SMILES string of the molecule is CC(C)[C@H](O)CC(O)C[C@H](O)C(C)(C)C. The van der Waals surface area contributed by atoms with Gasteiger partial charge in [0.2, 0.25) is 0 Å². The predicted molar refractivity (Wildman–Crippen MR) is 61.5 cm³/mol. The van der Waals surface area contributed by atoms with Gasteiger partial charge in [-0.2, -0.15) is 0 Å². The first-order valence-corrected chi connectivity index (χ1v) is 5.68. The van der Waals surface area contributed by atoms with E-state index in [1.807, 2.05) is 34.6 Å². The van der Waals surface area contributed by atoms with E-state index in [2.05, 4.69) is 0 Å². The molecular formula is C12H26O3. The fourth-order valence-corrected chi connectivity index (χ4v) is 1.26. The lowest BCUT2D eigenvalue weighted by Gasteiger charge is -2.28. The first kappa shape index (κ1) is 14.9. The van der Waals surface area contributed by atoms with E-state index in [9.17, 15) is 15.3 Å². The molecule has 0 rings (SSSR count). The Bertz CT molecular complexity index is 172. The van der Waals surface area contributed by atoms with Crippen LogP contribution in [0.25, 0.3) is 0 Å². The Kier molecular flexibility index (Phi) is 5.78. The van der Waals surface area contributed by atoms with E-state index in [1.54, 1.807) is 0 Å².